The zero-order valence-electron chi connectivity index (χ0n) is 27.5. The van der Waals surface area contributed by atoms with Crippen molar-refractivity contribution in [3.05, 3.63) is 111 Å². The van der Waals surface area contributed by atoms with Crippen LogP contribution in [0.1, 0.15) is 72.1 Å². The molecule has 0 bridgehead atoms. The largest absolute Gasteiger partial charge is 0.506 e. The molecule has 1 aliphatic carbocycles. The van der Waals surface area contributed by atoms with Crippen molar-refractivity contribution in [2.45, 2.75) is 72.8 Å². The molecule has 3 aliphatic rings. The molecule has 6 nitrogen and oxygen atoms in total. The van der Waals surface area contributed by atoms with Crippen LogP contribution in [0.15, 0.2) is 94.5 Å². The minimum absolute atomic E-state index is 0.0199. The Morgan fingerprint density at radius 1 is 0.932 bits per heavy atom. The van der Waals surface area contributed by atoms with Crippen LogP contribution >= 0.6 is 0 Å². The molecular weight excluding hydrogens is 548 g/mol. The average Bonchev–Trinajstić information content (AvgIpc) is 3.32. The summed E-state index contributed by atoms with van der Waals surface area (Å²) in [5.74, 6) is 0.626. The van der Waals surface area contributed by atoms with Gasteiger partial charge >= 0.3 is 0 Å². The zero-order chi connectivity index (χ0) is 32.1. The van der Waals surface area contributed by atoms with Crippen molar-refractivity contribution in [3.8, 4) is 5.75 Å². The first-order valence-electron chi connectivity index (χ1n) is 15.3. The summed E-state index contributed by atoms with van der Waals surface area (Å²) < 4.78 is 7.75. The lowest BCUT2D eigenvalue weighted by molar-refractivity contribution is -0.425. The van der Waals surface area contributed by atoms with Gasteiger partial charge in [0, 0.05) is 35.0 Å². The van der Waals surface area contributed by atoms with Gasteiger partial charge in [0.15, 0.2) is 12.3 Å². The molecule has 2 aromatic carbocycles. The van der Waals surface area contributed by atoms with E-state index in [-0.39, 0.29) is 23.6 Å². The molecular formula is C38H45N2O4+. The van der Waals surface area contributed by atoms with Gasteiger partial charge in [-0.05, 0) is 83.0 Å². The van der Waals surface area contributed by atoms with Crippen LogP contribution in [0.3, 0.4) is 0 Å². The molecule has 0 aromatic heterocycles. The number of carbonyl (C=O) groups is 1. The maximum atomic E-state index is 13.8. The first-order valence-corrected chi connectivity index (χ1v) is 15.3. The van der Waals surface area contributed by atoms with Gasteiger partial charge in [-0.3, -0.25) is 4.79 Å². The summed E-state index contributed by atoms with van der Waals surface area (Å²) in [5, 5.41) is 21.3. The van der Waals surface area contributed by atoms with Gasteiger partial charge in [-0.1, -0.05) is 43.2 Å². The van der Waals surface area contributed by atoms with E-state index in [1.807, 2.05) is 36.4 Å². The van der Waals surface area contributed by atoms with Gasteiger partial charge in [-0.15, -0.1) is 0 Å². The highest BCUT2D eigenvalue weighted by molar-refractivity contribution is 6.24. The van der Waals surface area contributed by atoms with Crippen molar-refractivity contribution in [1.82, 2.24) is 0 Å². The number of aliphatic hydroxyl groups excluding tert-OH is 2. The average molecular weight is 594 g/mol. The second kappa shape index (κ2) is 11.4. The molecule has 230 valence electrons. The summed E-state index contributed by atoms with van der Waals surface area (Å²) in [6.45, 7) is 18.1. The number of aliphatic hydroxyl groups is 2. The monoisotopic (exact) mass is 593 g/mol. The summed E-state index contributed by atoms with van der Waals surface area (Å²) in [5.41, 5.74) is 9.29. The van der Waals surface area contributed by atoms with Crippen molar-refractivity contribution in [2.75, 3.05) is 25.1 Å². The molecule has 0 unspecified atom stereocenters. The number of rotatable bonds is 8. The Morgan fingerprint density at radius 3 is 2.23 bits per heavy atom. The fraction of sp³-hybridized carbons (Fsp3) is 0.368. The van der Waals surface area contributed by atoms with Gasteiger partial charge in [-0.25, -0.2) is 0 Å². The standard InChI is InChI=1S/C38H44N2O4/c1-23(2)14-16-39-31-18-25(22-41)10-12-29(31)37(5,6)33(39)20-27-35(42)28(36(27)43)21-34-38(7,8)30-13-11-26(44-9)19-32(30)40(34)17-15-24(3)4/h10-15,18-21,41H,16-17,22H2,1-9H3/p+1. The third-order valence-corrected chi connectivity index (χ3v) is 9.17. The number of hydrogen-bond donors (Lipinski definition) is 2. The Morgan fingerprint density at radius 2 is 1.61 bits per heavy atom. The molecule has 6 heteroatoms. The molecule has 0 atom stereocenters. The molecule has 2 aromatic rings. The third-order valence-electron chi connectivity index (χ3n) is 9.17. The third kappa shape index (κ3) is 5.15. The molecule has 0 fully saturated rings. The van der Waals surface area contributed by atoms with E-state index in [2.05, 4.69) is 89.2 Å². The molecule has 44 heavy (non-hydrogen) atoms. The maximum absolute atomic E-state index is 13.8. The first kappa shape index (κ1) is 31.3. The molecule has 0 spiro atoms. The van der Waals surface area contributed by atoms with E-state index in [1.54, 1.807) is 7.11 Å². The van der Waals surface area contributed by atoms with Crippen LogP contribution in [-0.2, 0) is 22.2 Å². The number of ketones is 1. The van der Waals surface area contributed by atoms with Crippen LogP contribution < -0.4 is 9.64 Å². The van der Waals surface area contributed by atoms with Crippen molar-refractivity contribution < 1.29 is 24.3 Å². The predicted molar refractivity (Wildman–Crippen MR) is 178 cm³/mol. The van der Waals surface area contributed by atoms with Crippen LogP contribution in [0.4, 0.5) is 11.4 Å². The SMILES string of the molecule is COc1ccc2c(c1)[N+](CC=C(C)C)=C(/C=C1/C(=O)C(/C=C3/N(CC=C(C)C)c4cc(CO)ccc4C3(C)C)=C1O)C2(C)C. The minimum Gasteiger partial charge on any atom is -0.506 e. The lowest BCUT2D eigenvalue weighted by atomic mass is 9.77. The number of hydrogen-bond acceptors (Lipinski definition) is 5. The minimum atomic E-state index is -0.407. The number of carbonyl (C=O) groups excluding carboxylic acids is 1. The fourth-order valence-corrected chi connectivity index (χ4v) is 6.47. The number of anilines is 1. The zero-order valence-corrected chi connectivity index (χ0v) is 27.5. The Kier molecular flexibility index (Phi) is 8.10. The van der Waals surface area contributed by atoms with E-state index >= 15 is 0 Å². The van der Waals surface area contributed by atoms with E-state index in [0.717, 1.165) is 45.2 Å². The van der Waals surface area contributed by atoms with Crippen LogP contribution in [0.2, 0.25) is 0 Å². The summed E-state index contributed by atoms with van der Waals surface area (Å²) in [6.07, 6.45) is 8.05. The van der Waals surface area contributed by atoms with Gasteiger partial charge in [0.25, 0.3) is 0 Å². The lowest BCUT2D eigenvalue weighted by Crippen LogP contribution is -2.32. The van der Waals surface area contributed by atoms with Crippen molar-refractivity contribution >= 4 is 22.9 Å². The molecule has 2 aliphatic heterocycles. The van der Waals surface area contributed by atoms with Crippen molar-refractivity contribution in [3.63, 3.8) is 0 Å². The van der Waals surface area contributed by atoms with Gasteiger partial charge < -0.3 is 19.8 Å². The van der Waals surface area contributed by atoms with E-state index in [0.29, 0.717) is 24.2 Å². The maximum Gasteiger partial charge on any atom is 0.213 e. The van der Waals surface area contributed by atoms with E-state index < -0.39 is 5.41 Å². The van der Waals surface area contributed by atoms with Crippen LogP contribution in [0, 0.1) is 0 Å². The highest BCUT2D eigenvalue weighted by atomic mass is 16.5. The predicted octanol–water partition coefficient (Wildman–Crippen LogP) is 7.50. The number of Topliss-reactive ketones (excluding diaryl/α,β-unsaturated/α-hetero) is 1. The highest BCUT2D eigenvalue weighted by Gasteiger charge is 2.47. The Balaban J connectivity index is 1.62. The number of methoxy groups -OCH3 is 1. The fourth-order valence-electron chi connectivity index (χ4n) is 6.47. The first-order chi connectivity index (χ1) is 20.7. The topological polar surface area (TPSA) is 73.0 Å². The highest BCUT2D eigenvalue weighted by Crippen LogP contribution is 2.50. The molecule has 2 heterocycles. The number of allylic oxidation sites excluding steroid dienone is 7. The van der Waals surface area contributed by atoms with Crippen molar-refractivity contribution in [2.24, 2.45) is 0 Å². The Bertz CT molecular complexity index is 1740. The Labute approximate surface area is 261 Å². The smallest absolute Gasteiger partial charge is 0.213 e. The number of fused-ring (bicyclic) bond motifs is 2. The second-order valence-corrected chi connectivity index (χ2v) is 13.5. The van der Waals surface area contributed by atoms with Crippen LogP contribution in [0.25, 0.3) is 0 Å². The summed E-state index contributed by atoms with van der Waals surface area (Å²) >= 11 is 0. The molecule has 0 saturated heterocycles. The number of nitrogens with zero attached hydrogens (tertiary/aromatic N) is 2. The van der Waals surface area contributed by atoms with Crippen molar-refractivity contribution in [1.29, 1.82) is 0 Å². The normalized spacial score (nSPS) is 19.8. The lowest BCUT2D eigenvalue weighted by Gasteiger charge is -2.29. The summed E-state index contributed by atoms with van der Waals surface area (Å²) in [6, 6.07) is 12.1. The van der Waals surface area contributed by atoms with Gasteiger partial charge in [0.05, 0.1) is 36.3 Å². The van der Waals surface area contributed by atoms with E-state index in [1.165, 1.54) is 11.1 Å². The second-order valence-electron chi connectivity index (χ2n) is 13.5. The van der Waals surface area contributed by atoms with Gasteiger partial charge in [0.2, 0.25) is 11.5 Å². The van der Waals surface area contributed by atoms with Gasteiger partial charge in [-0.2, -0.15) is 4.58 Å². The van der Waals surface area contributed by atoms with Gasteiger partial charge in [0.1, 0.15) is 11.5 Å². The molecule has 5 rings (SSSR count). The summed E-state index contributed by atoms with van der Waals surface area (Å²) in [7, 11) is 1.66. The summed E-state index contributed by atoms with van der Waals surface area (Å²) in [4.78, 5) is 16.0. The van der Waals surface area contributed by atoms with Crippen LogP contribution in [-0.4, -0.2) is 46.5 Å². The van der Waals surface area contributed by atoms with E-state index in [9.17, 15) is 15.0 Å². The molecule has 0 amide bonds. The van der Waals surface area contributed by atoms with Crippen LogP contribution in [0.5, 0.6) is 5.75 Å². The number of benzene rings is 2. The quantitative estimate of drug-likeness (QED) is 0.188. The molecule has 0 saturated carbocycles. The molecule has 0 radical (unpaired) electrons. The van der Waals surface area contributed by atoms with E-state index in [4.69, 9.17) is 4.74 Å². The number of ether oxygens (including phenoxy) is 1. The molecule has 2 N–H and O–H groups in total. The Hall–Kier alpha value is -4.16.